The van der Waals surface area contributed by atoms with Crippen molar-refractivity contribution in [2.45, 2.75) is 26.4 Å². The van der Waals surface area contributed by atoms with Crippen molar-refractivity contribution >= 4 is 39.0 Å². The summed E-state index contributed by atoms with van der Waals surface area (Å²) in [4.78, 5) is 36.9. The fourth-order valence-electron chi connectivity index (χ4n) is 3.62. The van der Waals surface area contributed by atoms with Crippen LogP contribution in [0.5, 0.6) is 0 Å². The first-order valence-electron chi connectivity index (χ1n) is 9.24. The molecule has 1 aliphatic heterocycles. The Bertz CT molecular complexity index is 1170. The normalized spacial score (nSPS) is 16.4. The number of aliphatic hydroxyl groups is 1. The van der Waals surface area contributed by atoms with Crippen molar-refractivity contribution in [3.8, 4) is 0 Å². The summed E-state index contributed by atoms with van der Waals surface area (Å²) < 4.78 is 0.816. The van der Waals surface area contributed by atoms with Crippen LogP contribution in [-0.2, 0) is 11.3 Å². The summed E-state index contributed by atoms with van der Waals surface area (Å²) in [5, 5.41) is 11.5. The molecule has 1 N–H and O–H groups in total. The van der Waals surface area contributed by atoms with Crippen LogP contribution in [0.3, 0.4) is 0 Å². The molecule has 4 rings (SSSR count). The molecule has 1 aromatic carbocycles. The number of halogens is 1. The lowest BCUT2D eigenvalue weighted by atomic mass is 9.95. The Morgan fingerprint density at radius 3 is 2.70 bits per heavy atom. The molecule has 0 radical (unpaired) electrons. The van der Waals surface area contributed by atoms with E-state index in [2.05, 4.69) is 25.9 Å². The number of hydrogen-bond donors (Lipinski definition) is 1. The van der Waals surface area contributed by atoms with Crippen LogP contribution in [0.2, 0.25) is 0 Å². The quantitative estimate of drug-likeness (QED) is 0.531. The van der Waals surface area contributed by atoms with Gasteiger partial charge in [0.15, 0.2) is 5.76 Å². The Morgan fingerprint density at radius 1 is 1.27 bits per heavy atom. The average molecular weight is 484 g/mol. The Hall–Kier alpha value is -2.84. The van der Waals surface area contributed by atoms with Crippen LogP contribution in [0.1, 0.15) is 37.5 Å². The molecule has 0 unspecified atom stereocenters. The topological polar surface area (TPSA) is 83.4 Å². The lowest BCUT2D eigenvalue weighted by molar-refractivity contribution is -0.130. The lowest BCUT2D eigenvalue weighted by Crippen LogP contribution is -2.30. The fourth-order valence-corrected chi connectivity index (χ4v) is 4.92. The first kappa shape index (κ1) is 20.4. The Balaban J connectivity index is 1.83. The minimum absolute atomic E-state index is 0.0775. The molecule has 3 aromatic rings. The predicted octanol–water partition coefficient (Wildman–Crippen LogP) is 4.70. The molecule has 1 aliphatic rings. The third-order valence-corrected chi connectivity index (χ3v) is 6.46. The predicted molar refractivity (Wildman–Crippen MR) is 117 cm³/mol. The van der Waals surface area contributed by atoms with E-state index in [1.807, 2.05) is 37.3 Å². The summed E-state index contributed by atoms with van der Waals surface area (Å²) in [5.41, 5.74) is 2.20. The highest BCUT2D eigenvalue weighted by Gasteiger charge is 2.44. The van der Waals surface area contributed by atoms with E-state index in [0.717, 1.165) is 20.6 Å². The number of aliphatic hydroxyl groups excluding tert-OH is 1. The highest BCUT2D eigenvalue weighted by Crippen LogP contribution is 2.41. The zero-order valence-electron chi connectivity index (χ0n) is 16.3. The van der Waals surface area contributed by atoms with E-state index >= 15 is 0 Å². The summed E-state index contributed by atoms with van der Waals surface area (Å²) >= 11 is 4.72. The van der Waals surface area contributed by atoms with Crippen LogP contribution in [0, 0.1) is 13.8 Å². The fraction of sp³-hybridized carbons (Fsp3) is 0.182. The molecule has 1 amide bonds. The SMILES string of the molecule is Cc1nc(C)c(C(=O)C2=C(O)C(=O)N(Cc3cccnc3)[C@@H]2c2cccc(Br)c2)s1. The Labute approximate surface area is 186 Å². The summed E-state index contributed by atoms with van der Waals surface area (Å²) in [6.45, 7) is 3.79. The number of carbonyl (C=O) groups excluding carboxylic acids is 2. The molecular formula is C22H18BrN3O3S. The number of ketones is 1. The maximum absolute atomic E-state index is 13.5. The molecular weight excluding hydrogens is 466 g/mol. The molecule has 0 saturated carbocycles. The second-order valence-corrected chi connectivity index (χ2v) is 9.11. The van der Waals surface area contributed by atoms with Gasteiger partial charge in [0.2, 0.25) is 5.78 Å². The Kier molecular flexibility index (Phi) is 5.53. The highest BCUT2D eigenvalue weighted by molar-refractivity contribution is 9.10. The van der Waals surface area contributed by atoms with Crippen LogP contribution in [0.15, 0.2) is 64.6 Å². The molecule has 30 heavy (non-hydrogen) atoms. The van der Waals surface area contributed by atoms with Crippen LogP contribution in [0.25, 0.3) is 0 Å². The molecule has 152 valence electrons. The van der Waals surface area contributed by atoms with Crippen molar-refractivity contribution in [2.75, 3.05) is 0 Å². The monoisotopic (exact) mass is 483 g/mol. The van der Waals surface area contributed by atoms with Gasteiger partial charge in [-0.1, -0.05) is 34.1 Å². The number of nitrogens with zero attached hydrogens (tertiary/aromatic N) is 3. The molecule has 8 heteroatoms. The summed E-state index contributed by atoms with van der Waals surface area (Å²) in [7, 11) is 0. The second kappa shape index (κ2) is 8.12. The van der Waals surface area contributed by atoms with Gasteiger partial charge in [0.05, 0.1) is 27.2 Å². The van der Waals surface area contributed by atoms with Crippen LogP contribution in [-0.4, -0.2) is 31.7 Å². The number of aryl methyl sites for hydroxylation is 2. The number of rotatable bonds is 5. The van der Waals surface area contributed by atoms with Crippen LogP contribution in [0.4, 0.5) is 0 Å². The standard InChI is InChI=1S/C22H18BrN3O3S/c1-12-21(30-13(2)25-12)19(27)17-18(15-6-3-7-16(23)9-15)26(22(29)20(17)28)11-14-5-4-8-24-10-14/h3-10,18,28H,11H2,1-2H3/t18-/m1/s1. The van der Waals surface area contributed by atoms with Crippen molar-refractivity contribution in [1.29, 1.82) is 0 Å². The van der Waals surface area contributed by atoms with Crippen molar-refractivity contribution in [2.24, 2.45) is 0 Å². The van der Waals surface area contributed by atoms with E-state index in [0.29, 0.717) is 10.6 Å². The molecule has 0 spiro atoms. The minimum Gasteiger partial charge on any atom is -0.503 e. The number of amides is 1. The molecule has 2 aromatic heterocycles. The van der Waals surface area contributed by atoms with Gasteiger partial charge >= 0.3 is 0 Å². The zero-order chi connectivity index (χ0) is 21.4. The molecule has 6 nitrogen and oxygen atoms in total. The third-order valence-electron chi connectivity index (χ3n) is 4.90. The Morgan fingerprint density at radius 2 is 2.07 bits per heavy atom. The number of Topliss-reactive ketones (excluding diaryl/α,β-unsaturated/α-hetero) is 1. The zero-order valence-corrected chi connectivity index (χ0v) is 18.7. The van der Waals surface area contributed by atoms with Crippen LogP contribution >= 0.6 is 27.3 Å². The number of carbonyl (C=O) groups is 2. The summed E-state index contributed by atoms with van der Waals surface area (Å²) in [5.74, 6) is -1.46. The summed E-state index contributed by atoms with van der Waals surface area (Å²) in [6, 6.07) is 10.3. The third kappa shape index (κ3) is 3.68. The van der Waals surface area contributed by atoms with E-state index in [9.17, 15) is 14.7 Å². The highest BCUT2D eigenvalue weighted by atomic mass is 79.9. The van der Waals surface area contributed by atoms with Crippen molar-refractivity contribution in [1.82, 2.24) is 14.9 Å². The van der Waals surface area contributed by atoms with Gasteiger partial charge in [-0.25, -0.2) is 4.98 Å². The van der Waals surface area contributed by atoms with Gasteiger partial charge in [-0.15, -0.1) is 11.3 Å². The van der Waals surface area contributed by atoms with Gasteiger partial charge in [0.1, 0.15) is 0 Å². The molecule has 0 aliphatic carbocycles. The van der Waals surface area contributed by atoms with E-state index in [1.165, 1.54) is 16.2 Å². The maximum Gasteiger partial charge on any atom is 0.290 e. The average Bonchev–Trinajstić information content (AvgIpc) is 3.19. The van der Waals surface area contributed by atoms with Gasteiger partial charge in [0.25, 0.3) is 5.91 Å². The number of benzene rings is 1. The lowest BCUT2D eigenvalue weighted by Gasteiger charge is -2.27. The second-order valence-electron chi connectivity index (χ2n) is 6.99. The summed E-state index contributed by atoms with van der Waals surface area (Å²) in [6.07, 6.45) is 3.32. The first-order valence-corrected chi connectivity index (χ1v) is 10.8. The van der Waals surface area contributed by atoms with Crippen molar-refractivity contribution < 1.29 is 14.7 Å². The van der Waals surface area contributed by atoms with Crippen molar-refractivity contribution in [3.05, 3.63) is 91.3 Å². The number of hydrogen-bond acceptors (Lipinski definition) is 6. The van der Waals surface area contributed by atoms with Gasteiger partial charge in [-0.3, -0.25) is 14.6 Å². The van der Waals surface area contributed by atoms with E-state index in [1.54, 1.807) is 25.4 Å². The largest absolute Gasteiger partial charge is 0.503 e. The smallest absolute Gasteiger partial charge is 0.290 e. The molecule has 0 fully saturated rings. The molecule has 0 bridgehead atoms. The van der Waals surface area contributed by atoms with Gasteiger partial charge in [0, 0.05) is 23.4 Å². The van der Waals surface area contributed by atoms with Crippen molar-refractivity contribution in [3.63, 3.8) is 0 Å². The van der Waals surface area contributed by atoms with E-state index < -0.39 is 17.7 Å². The maximum atomic E-state index is 13.5. The van der Waals surface area contributed by atoms with E-state index in [-0.39, 0.29) is 17.9 Å². The van der Waals surface area contributed by atoms with Crippen LogP contribution < -0.4 is 0 Å². The number of aromatic nitrogens is 2. The number of thiazole rings is 1. The minimum atomic E-state index is -0.718. The molecule has 1 atom stereocenters. The van der Waals surface area contributed by atoms with Gasteiger partial charge < -0.3 is 10.0 Å². The number of pyridine rings is 1. The molecule has 3 heterocycles. The first-order chi connectivity index (χ1) is 14.4. The van der Waals surface area contributed by atoms with E-state index in [4.69, 9.17) is 0 Å². The molecule has 0 saturated heterocycles. The van der Waals surface area contributed by atoms with Gasteiger partial charge in [-0.2, -0.15) is 0 Å². The van der Waals surface area contributed by atoms with Gasteiger partial charge in [-0.05, 0) is 43.2 Å².